The van der Waals surface area contributed by atoms with Gasteiger partial charge in [0, 0.05) is 17.2 Å². The molecule has 1 rings (SSSR count). The number of rotatable bonds is 2. The van der Waals surface area contributed by atoms with E-state index in [0.29, 0.717) is 0 Å². The van der Waals surface area contributed by atoms with Crippen LogP contribution < -0.4 is 4.74 Å². The molecule has 0 aromatic carbocycles. The van der Waals surface area contributed by atoms with Crippen molar-refractivity contribution in [1.82, 2.24) is 4.98 Å². The minimum absolute atomic E-state index is 0.140. The van der Waals surface area contributed by atoms with Crippen LogP contribution in [0.25, 0.3) is 0 Å². The molecular formula is C8H8F3NO. The van der Waals surface area contributed by atoms with Crippen molar-refractivity contribution in [2.75, 3.05) is 7.11 Å². The van der Waals surface area contributed by atoms with Crippen molar-refractivity contribution >= 4 is 0 Å². The maximum Gasteiger partial charge on any atom is 0.264 e. The lowest BCUT2D eigenvalue weighted by molar-refractivity contribution is 0.149. The number of hydrogen-bond donors (Lipinski definition) is 0. The number of nitrogens with zero attached hydrogens (tertiary/aromatic N) is 1. The second-order valence-electron chi connectivity index (χ2n) is 2.47. The Kier molecular flexibility index (Phi) is 2.75. The summed E-state index contributed by atoms with van der Waals surface area (Å²) in [7, 11) is 1.24. The molecule has 1 aromatic heterocycles. The minimum Gasteiger partial charge on any atom is -0.481 e. The lowest BCUT2D eigenvalue weighted by Crippen LogP contribution is -1.99. The molecule has 0 amide bonds. The number of hydrogen-bond acceptors (Lipinski definition) is 2. The van der Waals surface area contributed by atoms with Crippen molar-refractivity contribution in [2.24, 2.45) is 0 Å². The van der Waals surface area contributed by atoms with E-state index in [-0.39, 0.29) is 17.0 Å². The van der Waals surface area contributed by atoms with Crippen molar-refractivity contribution in [1.29, 1.82) is 0 Å². The van der Waals surface area contributed by atoms with Crippen LogP contribution in [0.5, 0.6) is 5.88 Å². The molecule has 0 bridgehead atoms. The van der Waals surface area contributed by atoms with Crippen molar-refractivity contribution in [3.63, 3.8) is 0 Å². The van der Waals surface area contributed by atoms with Crippen LogP contribution in [0.2, 0.25) is 0 Å². The molecule has 2 nitrogen and oxygen atoms in total. The monoisotopic (exact) mass is 191 g/mol. The third-order valence-corrected chi connectivity index (χ3v) is 1.67. The van der Waals surface area contributed by atoms with Crippen LogP contribution in [0.1, 0.15) is 17.6 Å². The first-order chi connectivity index (χ1) is 6.06. The second-order valence-corrected chi connectivity index (χ2v) is 2.47. The summed E-state index contributed by atoms with van der Waals surface area (Å²) in [6, 6.07) is 1.03. The summed E-state index contributed by atoms with van der Waals surface area (Å²) in [6.07, 6.45) is -2.72. The molecule has 0 unspecified atom stereocenters. The van der Waals surface area contributed by atoms with Gasteiger partial charge in [0.05, 0.1) is 7.11 Å². The van der Waals surface area contributed by atoms with E-state index in [1.165, 1.54) is 14.0 Å². The van der Waals surface area contributed by atoms with Crippen LogP contribution in [0.15, 0.2) is 6.07 Å². The number of halogens is 3. The molecule has 5 heteroatoms. The Morgan fingerprint density at radius 2 is 2.08 bits per heavy atom. The Labute approximate surface area is 73.4 Å². The molecule has 0 N–H and O–H groups in total. The van der Waals surface area contributed by atoms with Gasteiger partial charge >= 0.3 is 0 Å². The van der Waals surface area contributed by atoms with E-state index in [2.05, 4.69) is 9.72 Å². The van der Waals surface area contributed by atoms with E-state index in [9.17, 15) is 13.2 Å². The van der Waals surface area contributed by atoms with Gasteiger partial charge in [0.1, 0.15) is 0 Å². The molecule has 0 radical (unpaired) electrons. The predicted molar refractivity (Wildman–Crippen MR) is 40.4 cm³/mol. The molecule has 0 atom stereocenters. The zero-order chi connectivity index (χ0) is 10.0. The molecule has 72 valence electrons. The van der Waals surface area contributed by atoms with E-state index in [4.69, 9.17) is 0 Å². The molecule has 0 spiro atoms. The highest BCUT2D eigenvalue weighted by Gasteiger charge is 2.16. The molecule has 0 fully saturated rings. The van der Waals surface area contributed by atoms with E-state index >= 15 is 0 Å². The zero-order valence-corrected chi connectivity index (χ0v) is 7.14. The second kappa shape index (κ2) is 3.64. The summed E-state index contributed by atoms with van der Waals surface area (Å²) >= 11 is 0. The Morgan fingerprint density at radius 1 is 1.46 bits per heavy atom. The first-order valence-electron chi connectivity index (χ1n) is 3.55. The van der Waals surface area contributed by atoms with Gasteiger partial charge in [-0.15, -0.1) is 0 Å². The summed E-state index contributed by atoms with van der Waals surface area (Å²) in [4.78, 5) is 3.31. The molecule has 0 aliphatic rings. The van der Waals surface area contributed by atoms with E-state index in [1.54, 1.807) is 0 Å². The van der Waals surface area contributed by atoms with Gasteiger partial charge in [0.15, 0.2) is 0 Å². The lowest BCUT2D eigenvalue weighted by Gasteiger charge is -2.07. The van der Waals surface area contributed by atoms with Gasteiger partial charge < -0.3 is 4.74 Å². The maximum atomic E-state index is 12.9. The molecule has 0 aliphatic heterocycles. The lowest BCUT2D eigenvalue weighted by atomic mass is 10.1. The number of aromatic nitrogens is 1. The topological polar surface area (TPSA) is 22.1 Å². The van der Waals surface area contributed by atoms with Crippen molar-refractivity contribution in [2.45, 2.75) is 13.3 Å². The van der Waals surface area contributed by atoms with Crippen molar-refractivity contribution in [3.8, 4) is 5.88 Å². The van der Waals surface area contributed by atoms with Gasteiger partial charge in [0.2, 0.25) is 11.8 Å². The third-order valence-electron chi connectivity index (χ3n) is 1.67. The number of alkyl halides is 2. The molecule has 1 aromatic rings. The largest absolute Gasteiger partial charge is 0.481 e. The van der Waals surface area contributed by atoms with Gasteiger partial charge in [-0.3, -0.25) is 0 Å². The third kappa shape index (κ3) is 1.91. The normalized spacial score (nSPS) is 10.6. The smallest absolute Gasteiger partial charge is 0.264 e. The average molecular weight is 191 g/mol. The number of methoxy groups -OCH3 is 1. The highest BCUT2D eigenvalue weighted by atomic mass is 19.3. The fourth-order valence-corrected chi connectivity index (χ4v) is 0.904. The molecular weight excluding hydrogens is 183 g/mol. The minimum atomic E-state index is -2.72. The van der Waals surface area contributed by atoms with Crippen LogP contribution in [0, 0.1) is 12.9 Å². The van der Waals surface area contributed by atoms with E-state index in [1.807, 2.05) is 0 Å². The molecule has 0 saturated heterocycles. The van der Waals surface area contributed by atoms with Gasteiger partial charge in [-0.05, 0) is 6.92 Å². The molecule has 0 aliphatic carbocycles. The van der Waals surface area contributed by atoms with Crippen LogP contribution >= 0.6 is 0 Å². The van der Waals surface area contributed by atoms with Crippen LogP contribution in [0.4, 0.5) is 13.2 Å². The fourth-order valence-electron chi connectivity index (χ4n) is 0.904. The summed E-state index contributed by atoms with van der Waals surface area (Å²) in [5, 5.41) is 0. The first-order valence-corrected chi connectivity index (χ1v) is 3.55. The highest BCUT2D eigenvalue weighted by molar-refractivity contribution is 5.30. The summed E-state index contributed by atoms with van der Waals surface area (Å²) in [6.45, 7) is 1.25. The highest BCUT2D eigenvalue weighted by Crippen LogP contribution is 2.26. The van der Waals surface area contributed by atoms with Crippen molar-refractivity contribution < 1.29 is 17.9 Å². The number of ether oxygens (including phenoxy) is 1. The average Bonchev–Trinajstić information content (AvgIpc) is 2.09. The van der Waals surface area contributed by atoms with Gasteiger partial charge in [-0.25, -0.2) is 8.78 Å². The van der Waals surface area contributed by atoms with Gasteiger partial charge in [-0.1, -0.05) is 0 Å². The van der Waals surface area contributed by atoms with Gasteiger partial charge in [-0.2, -0.15) is 9.37 Å². The Morgan fingerprint density at radius 3 is 2.54 bits per heavy atom. The summed E-state index contributed by atoms with van der Waals surface area (Å²) < 4.78 is 42.0. The Bertz CT molecular complexity index is 315. The van der Waals surface area contributed by atoms with E-state index in [0.717, 1.165) is 6.07 Å². The van der Waals surface area contributed by atoms with Gasteiger partial charge in [0.25, 0.3) is 6.43 Å². The quantitative estimate of drug-likeness (QED) is 0.670. The van der Waals surface area contributed by atoms with Crippen molar-refractivity contribution in [3.05, 3.63) is 23.1 Å². The molecule has 13 heavy (non-hydrogen) atoms. The standard InChI is InChI=1S/C8H8F3NO/c1-4-5(7(9)10)3-6(13-2)12-8(4)11/h3,7H,1-2H3. The maximum absolute atomic E-state index is 12.9. The number of pyridine rings is 1. The fraction of sp³-hybridized carbons (Fsp3) is 0.375. The van der Waals surface area contributed by atoms with Crippen LogP contribution in [-0.4, -0.2) is 12.1 Å². The Balaban J connectivity index is 3.25. The van der Waals surface area contributed by atoms with Crippen LogP contribution in [-0.2, 0) is 0 Å². The first kappa shape index (κ1) is 9.83. The SMILES string of the molecule is COc1cc(C(F)F)c(C)c(F)n1. The molecule has 1 heterocycles. The van der Waals surface area contributed by atoms with Crippen LogP contribution in [0.3, 0.4) is 0 Å². The predicted octanol–water partition coefficient (Wildman–Crippen LogP) is 2.48. The summed E-state index contributed by atoms with van der Waals surface area (Å²) in [5.74, 6) is -1.06. The molecule has 0 saturated carbocycles. The zero-order valence-electron chi connectivity index (χ0n) is 7.14. The Hall–Kier alpha value is -1.26. The summed E-state index contributed by atoms with van der Waals surface area (Å²) in [5.41, 5.74) is -0.528. The van der Waals surface area contributed by atoms with E-state index < -0.39 is 12.4 Å².